The summed E-state index contributed by atoms with van der Waals surface area (Å²) in [6.45, 7) is -0.269. The van der Waals surface area contributed by atoms with Crippen LogP contribution in [0.1, 0.15) is 29.9 Å². The van der Waals surface area contributed by atoms with Crippen molar-refractivity contribution in [2.24, 2.45) is 0 Å². The van der Waals surface area contributed by atoms with Gasteiger partial charge in [0, 0.05) is 5.92 Å². The van der Waals surface area contributed by atoms with Crippen LogP contribution in [0.25, 0.3) is 11.1 Å². The number of nitrogens with one attached hydrogen (secondary N) is 2. The fourth-order valence-electron chi connectivity index (χ4n) is 4.39. The summed E-state index contributed by atoms with van der Waals surface area (Å²) >= 11 is 0. The molecular formula is C28H30N2O11. The van der Waals surface area contributed by atoms with Gasteiger partial charge in [-0.3, -0.25) is 4.79 Å². The van der Waals surface area contributed by atoms with Crippen LogP contribution in [-0.4, -0.2) is 82.5 Å². The zero-order valence-electron chi connectivity index (χ0n) is 22.7. The Bertz CT molecular complexity index is 1260. The summed E-state index contributed by atoms with van der Waals surface area (Å²) in [6, 6.07) is 14.3. The lowest BCUT2D eigenvalue weighted by Gasteiger charge is -2.21. The van der Waals surface area contributed by atoms with Gasteiger partial charge in [0.2, 0.25) is 0 Å². The maximum atomic E-state index is 12.6. The second-order valence-corrected chi connectivity index (χ2v) is 8.84. The largest absolute Gasteiger partial charge is 0.467 e. The molecule has 2 atom stereocenters. The van der Waals surface area contributed by atoms with Gasteiger partial charge in [0.1, 0.15) is 18.8 Å². The molecule has 218 valence electrons. The van der Waals surface area contributed by atoms with E-state index in [0.717, 1.165) is 43.6 Å². The van der Waals surface area contributed by atoms with Gasteiger partial charge in [-0.1, -0.05) is 48.5 Å². The first kappa shape index (κ1) is 30.6. The number of alkyl carbamates (subject to hydrolysis) is 1. The van der Waals surface area contributed by atoms with E-state index >= 15 is 0 Å². The molecule has 13 nitrogen and oxygen atoms in total. The van der Waals surface area contributed by atoms with Crippen molar-refractivity contribution in [3.05, 3.63) is 59.7 Å². The second-order valence-electron chi connectivity index (χ2n) is 8.84. The third-order valence-electron chi connectivity index (χ3n) is 6.38. The molecule has 0 spiro atoms. The van der Waals surface area contributed by atoms with E-state index in [1.165, 1.54) is 0 Å². The van der Waals surface area contributed by atoms with Crippen molar-refractivity contribution >= 4 is 35.9 Å². The van der Waals surface area contributed by atoms with Crippen LogP contribution in [0.15, 0.2) is 48.5 Å². The second kappa shape index (κ2) is 14.4. The Morgan fingerprint density at radius 3 is 1.90 bits per heavy atom. The number of benzene rings is 2. The van der Waals surface area contributed by atoms with Crippen molar-refractivity contribution < 1.29 is 52.5 Å². The van der Waals surface area contributed by atoms with Crippen molar-refractivity contribution in [3.8, 4) is 11.1 Å². The van der Waals surface area contributed by atoms with Crippen molar-refractivity contribution in [2.45, 2.75) is 30.9 Å². The van der Waals surface area contributed by atoms with Gasteiger partial charge in [0.05, 0.1) is 27.9 Å². The maximum Gasteiger partial charge on any atom is 0.417 e. The van der Waals surface area contributed by atoms with E-state index in [4.69, 9.17) is 9.47 Å². The van der Waals surface area contributed by atoms with Crippen molar-refractivity contribution in [2.75, 3.05) is 34.5 Å². The SMILES string of the molecule is COC(=O)C(=O)N[C@@H](CC[C@H](CNC(=O)OCC1c2ccccc2-c2ccccc21)OC(=O)C(=O)OC)C(=O)OC. The van der Waals surface area contributed by atoms with Gasteiger partial charge in [-0.15, -0.1) is 0 Å². The number of carbonyl (C=O) groups is 6. The number of ether oxygens (including phenoxy) is 5. The van der Waals surface area contributed by atoms with Crippen LogP contribution in [0.2, 0.25) is 0 Å². The van der Waals surface area contributed by atoms with Crippen LogP contribution in [0.5, 0.6) is 0 Å². The number of carbonyl (C=O) groups excluding carboxylic acids is 6. The Morgan fingerprint density at radius 2 is 1.34 bits per heavy atom. The first-order valence-electron chi connectivity index (χ1n) is 12.5. The highest BCUT2D eigenvalue weighted by molar-refractivity contribution is 6.32. The normalized spacial score (nSPS) is 13.0. The summed E-state index contributed by atoms with van der Waals surface area (Å²) in [7, 11) is 3.06. The van der Waals surface area contributed by atoms with Crippen molar-refractivity contribution in [3.63, 3.8) is 0 Å². The first-order valence-corrected chi connectivity index (χ1v) is 12.5. The molecule has 2 N–H and O–H groups in total. The minimum absolute atomic E-state index is 0.0381. The molecule has 0 bridgehead atoms. The Morgan fingerprint density at radius 1 is 0.756 bits per heavy atom. The summed E-state index contributed by atoms with van der Waals surface area (Å²) in [5, 5.41) is 4.65. The monoisotopic (exact) mass is 570 g/mol. The molecule has 0 saturated carbocycles. The molecule has 3 rings (SSSR count). The molecule has 0 aliphatic heterocycles. The van der Waals surface area contributed by atoms with Gasteiger partial charge in [0.25, 0.3) is 0 Å². The average Bonchev–Trinajstić information content (AvgIpc) is 3.32. The lowest BCUT2D eigenvalue weighted by molar-refractivity contribution is -0.169. The van der Waals surface area contributed by atoms with Gasteiger partial charge < -0.3 is 34.3 Å². The molecule has 0 saturated heterocycles. The summed E-state index contributed by atoms with van der Waals surface area (Å²) < 4.78 is 23.9. The highest BCUT2D eigenvalue weighted by Crippen LogP contribution is 2.44. The predicted molar refractivity (Wildman–Crippen MR) is 140 cm³/mol. The smallest absolute Gasteiger partial charge is 0.417 e. The number of rotatable bonds is 10. The number of esters is 4. The molecule has 0 unspecified atom stereocenters. The fraction of sp³-hybridized carbons (Fsp3) is 0.357. The minimum Gasteiger partial charge on any atom is -0.467 e. The van der Waals surface area contributed by atoms with Gasteiger partial charge in [-0.2, -0.15) is 0 Å². The highest BCUT2D eigenvalue weighted by atomic mass is 16.6. The molecule has 2 aromatic rings. The standard InChI is InChI=1S/C28H30N2O11/c1-37-24(32)22(30-23(31)25(33)38-2)13-12-16(41-27(35)26(34)39-3)14-29-28(36)40-15-21-19-10-6-4-8-17(19)18-9-5-7-11-20(18)21/h4-11,16,21-22H,12-15H2,1-3H3,(H,29,36)(H,30,31)/t16-,22+/m1/s1. The molecule has 0 aromatic heterocycles. The quantitative estimate of drug-likeness (QED) is 0.239. The Balaban J connectivity index is 1.63. The molecule has 0 radical (unpaired) electrons. The van der Waals surface area contributed by atoms with Gasteiger partial charge in [-0.25, -0.2) is 24.0 Å². The van der Waals surface area contributed by atoms with Crippen LogP contribution < -0.4 is 10.6 Å². The summed E-state index contributed by atoms with van der Waals surface area (Å²) in [5.74, 6) is -6.10. The number of fused-ring (bicyclic) bond motifs is 3. The lowest BCUT2D eigenvalue weighted by atomic mass is 9.98. The zero-order chi connectivity index (χ0) is 29.9. The van der Waals surface area contributed by atoms with Crippen molar-refractivity contribution in [1.82, 2.24) is 10.6 Å². The fourth-order valence-corrected chi connectivity index (χ4v) is 4.39. The third kappa shape index (κ3) is 7.81. The number of hydrogen-bond donors (Lipinski definition) is 2. The van der Waals surface area contributed by atoms with Gasteiger partial charge in [-0.05, 0) is 35.1 Å². The molecule has 1 aliphatic carbocycles. The number of hydrogen-bond acceptors (Lipinski definition) is 11. The van der Waals surface area contributed by atoms with E-state index in [2.05, 4.69) is 24.8 Å². The van der Waals surface area contributed by atoms with E-state index in [9.17, 15) is 28.8 Å². The van der Waals surface area contributed by atoms with Gasteiger partial charge in [0.15, 0.2) is 0 Å². The summed E-state index contributed by atoms with van der Waals surface area (Å²) in [6.07, 6.45) is -2.30. The molecule has 1 aliphatic rings. The summed E-state index contributed by atoms with van der Waals surface area (Å²) in [5.41, 5.74) is 4.17. The average molecular weight is 571 g/mol. The van der Waals surface area contributed by atoms with Crippen LogP contribution in [0.3, 0.4) is 0 Å². The first-order chi connectivity index (χ1) is 19.7. The zero-order valence-corrected chi connectivity index (χ0v) is 22.7. The van der Waals surface area contributed by atoms with Crippen LogP contribution in [-0.2, 0) is 47.7 Å². The molecule has 0 fully saturated rings. The van der Waals surface area contributed by atoms with Gasteiger partial charge >= 0.3 is 35.9 Å². The molecule has 2 amide bonds. The van der Waals surface area contributed by atoms with E-state index in [0.29, 0.717) is 0 Å². The Hall–Kier alpha value is -4.94. The number of methoxy groups -OCH3 is 3. The van der Waals surface area contributed by atoms with Crippen molar-refractivity contribution in [1.29, 1.82) is 0 Å². The molecule has 2 aromatic carbocycles. The van der Waals surface area contributed by atoms with E-state index in [1.54, 1.807) is 0 Å². The molecule has 41 heavy (non-hydrogen) atoms. The van der Waals surface area contributed by atoms with E-state index in [1.807, 2.05) is 48.5 Å². The maximum absolute atomic E-state index is 12.6. The van der Waals surface area contributed by atoms with E-state index in [-0.39, 0.29) is 31.9 Å². The highest BCUT2D eigenvalue weighted by Gasteiger charge is 2.31. The summed E-state index contributed by atoms with van der Waals surface area (Å²) in [4.78, 5) is 71.7. The predicted octanol–water partition coefficient (Wildman–Crippen LogP) is 1.22. The van der Waals surface area contributed by atoms with Crippen LogP contribution in [0.4, 0.5) is 4.79 Å². The molecular weight excluding hydrogens is 540 g/mol. The lowest BCUT2D eigenvalue weighted by Crippen LogP contribution is -2.46. The Kier molecular flexibility index (Phi) is 10.8. The minimum atomic E-state index is -1.33. The molecule has 13 heteroatoms. The number of amides is 2. The Labute approximate surface area is 235 Å². The van der Waals surface area contributed by atoms with Crippen LogP contribution in [0, 0.1) is 0 Å². The third-order valence-corrected chi connectivity index (χ3v) is 6.38. The van der Waals surface area contributed by atoms with Crippen LogP contribution >= 0.6 is 0 Å². The molecule has 0 heterocycles. The van der Waals surface area contributed by atoms with E-state index < -0.39 is 48.0 Å². The topological polar surface area (TPSA) is 173 Å².